The Morgan fingerprint density at radius 3 is 1.77 bits per heavy atom. The molecule has 13 heavy (non-hydrogen) atoms. The third kappa shape index (κ3) is 2.64. The first-order valence-electron chi connectivity index (χ1n) is 4.90. The van der Waals surface area contributed by atoms with Gasteiger partial charge in [-0.1, -0.05) is 28.3 Å². The summed E-state index contributed by atoms with van der Waals surface area (Å²) in [5.41, 5.74) is 0.244. The van der Waals surface area contributed by atoms with E-state index in [-0.39, 0.29) is 5.54 Å². The molecule has 0 amide bonds. The van der Waals surface area contributed by atoms with Crippen LogP contribution in [0.3, 0.4) is 0 Å². The first kappa shape index (κ1) is 10.9. The Balaban J connectivity index is 2.84. The lowest BCUT2D eigenvalue weighted by atomic mass is 10.1. The van der Waals surface area contributed by atoms with Crippen LogP contribution in [0.25, 0.3) is 0 Å². The summed E-state index contributed by atoms with van der Waals surface area (Å²) in [4.78, 5) is 2.35. The first-order chi connectivity index (χ1) is 5.71. The van der Waals surface area contributed by atoms with Crippen LogP contribution in [-0.2, 0) is 0 Å². The molecule has 2 heteroatoms. The van der Waals surface area contributed by atoms with Gasteiger partial charge in [0.15, 0.2) is 0 Å². The molecule has 0 aromatic rings. The highest BCUT2D eigenvalue weighted by Crippen LogP contribution is 2.44. The largest absolute Gasteiger partial charge is 0.349 e. The van der Waals surface area contributed by atoms with Gasteiger partial charge >= 0.3 is 0 Å². The average Bonchev–Trinajstić information content (AvgIpc) is 2.28. The molecule has 0 bridgehead atoms. The van der Waals surface area contributed by atoms with E-state index in [9.17, 15) is 0 Å². The third-order valence-corrected chi connectivity index (χ3v) is 5.13. The van der Waals surface area contributed by atoms with E-state index in [2.05, 4.69) is 64.4 Å². The van der Waals surface area contributed by atoms with Crippen molar-refractivity contribution in [1.82, 2.24) is 4.90 Å². The van der Waals surface area contributed by atoms with Gasteiger partial charge in [-0.2, -0.15) is 0 Å². The summed E-state index contributed by atoms with van der Waals surface area (Å²) in [7, 11) is -0.438. The molecule has 0 aliphatic carbocycles. The maximum absolute atomic E-state index is 2.44. The van der Waals surface area contributed by atoms with E-state index < -0.39 is 7.55 Å². The van der Waals surface area contributed by atoms with E-state index in [0.717, 1.165) is 0 Å². The van der Waals surface area contributed by atoms with Crippen LogP contribution in [0.4, 0.5) is 0 Å². The monoisotopic (exact) mass is 199 g/mol. The second-order valence-corrected chi connectivity index (χ2v) is 8.73. The highest BCUT2D eigenvalue weighted by atomic mass is 31.1. The van der Waals surface area contributed by atoms with Crippen LogP contribution >= 0.6 is 7.55 Å². The van der Waals surface area contributed by atoms with Crippen molar-refractivity contribution >= 4 is 13.5 Å². The highest BCUT2D eigenvalue weighted by molar-refractivity contribution is 7.62. The molecule has 0 N–H and O–H groups in total. The molecule has 1 nitrogen and oxygen atoms in total. The summed E-state index contributed by atoms with van der Waals surface area (Å²) in [6, 6.07) is 0. The molecule has 0 saturated carbocycles. The number of nitrogens with zero attached hydrogens (tertiary/aromatic N) is 1. The van der Waals surface area contributed by atoms with Gasteiger partial charge in [0.05, 0.1) is 0 Å². The van der Waals surface area contributed by atoms with Crippen LogP contribution in [0.5, 0.6) is 0 Å². The molecule has 0 fully saturated rings. The second-order valence-electron chi connectivity index (χ2n) is 5.73. The predicted octanol–water partition coefficient (Wildman–Crippen LogP) is 3.34. The Morgan fingerprint density at radius 1 is 1.00 bits per heavy atom. The molecule has 0 spiro atoms. The minimum absolute atomic E-state index is 0.244. The summed E-state index contributed by atoms with van der Waals surface area (Å²) in [5, 5.41) is 0.446. The molecular weight excluding hydrogens is 177 g/mol. The summed E-state index contributed by atoms with van der Waals surface area (Å²) >= 11 is 0. The SMILES string of the molecule is CC(C)(C)N1C=C[PH](C(C)(C)C)=C1. The molecule has 1 rings (SSSR count). The van der Waals surface area contributed by atoms with E-state index in [1.807, 2.05) is 0 Å². The van der Waals surface area contributed by atoms with Crippen molar-refractivity contribution in [2.24, 2.45) is 0 Å². The fourth-order valence-electron chi connectivity index (χ4n) is 1.26. The van der Waals surface area contributed by atoms with Gasteiger partial charge in [0.1, 0.15) is 0 Å². The van der Waals surface area contributed by atoms with Crippen LogP contribution in [0.1, 0.15) is 41.5 Å². The third-order valence-electron chi connectivity index (χ3n) is 2.33. The Kier molecular flexibility index (Phi) is 2.69. The number of rotatable bonds is 0. The van der Waals surface area contributed by atoms with Gasteiger partial charge < -0.3 is 4.90 Å². The van der Waals surface area contributed by atoms with Gasteiger partial charge in [0.25, 0.3) is 0 Å². The predicted molar refractivity (Wildman–Crippen MR) is 64.9 cm³/mol. The Hall–Kier alpha value is -0.160. The van der Waals surface area contributed by atoms with Gasteiger partial charge in [-0.15, -0.1) is 0 Å². The second kappa shape index (κ2) is 3.20. The van der Waals surface area contributed by atoms with E-state index in [4.69, 9.17) is 0 Å². The van der Waals surface area contributed by atoms with Crippen LogP contribution in [0, 0.1) is 0 Å². The lowest BCUT2D eigenvalue weighted by molar-refractivity contribution is 0.325. The Bertz CT molecular complexity index is 250. The molecule has 1 aliphatic heterocycles. The maximum atomic E-state index is 2.44. The fourth-order valence-corrected chi connectivity index (χ4v) is 3.33. The number of hydrogen-bond acceptors (Lipinski definition) is 1. The van der Waals surface area contributed by atoms with Crippen molar-refractivity contribution in [3.63, 3.8) is 0 Å². The first-order valence-corrected chi connectivity index (χ1v) is 6.56. The zero-order chi connectivity index (χ0) is 10.3. The van der Waals surface area contributed by atoms with Crippen molar-refractivity contribution in [3.05, 3.63) is 12.0 Å². The summed E-state index contributed by atoms with van der Waals surface area (Å²) in [6.45, 7) is 13.7. The Morgan fingerprint density at radius 2 is 1.54 bits per heavy atom. The fraction of sp³-hybridized carbons (Fsp3) is 0.727. The molecule has 1 heterocycles. The van der Waals surface area contributed by atoms with Crippen molar-refractivity contribution < 1.29 is 0 Å². The smallest absolute Gasteiger partial charge is 0.0355 e. The molecule has 1 aliphatic rings. The van der Waals surface area contributed by atoms with E-state index in [0.29, 0.717) is 5.16 Å². The summed E-state index contributed by atoms with van der Waals surface area (Å²) in [6.07, 6.45) is 2.25. The van der Waals surface area contributed by atoms with Crippen LogP contribution in [0.15, 0.2) is 12.0 Å². The van der Waals surface area contributed by atoms with Crippen LogP contribution in [-0.4, -0.2) is 21.5 Å². The average molecular weight is 199 g/mol. The molecule has 0 radical (unpaired) electrons. The van der Waals surface area contributed by atoms with Crippen LogP contribution < -0.4 is 0 Å². The van der Waals surface area contributed by atoms with Gasteiger partial charge in [-0.25, -0.2) is 0 Å². The van der Waals surface area contributed by atoms with Crippen molar-refractivity contribution in [1.29, 1.82) is 0 Å². The number of hydrogen-bond donors (Lipinski definition) is 0. The van der Waals surface area contributed by atoms with Gasteiger partial charge in [0, 0.05) is 17.7 Å². The highest BCUT2D eigenvalue weighted by Gasteiger charge is 2.23. The minimum Gasteiger partial charge on any atom is -0.349 e. The molecule has 0 aromatic carbocycles. The normalized spacial score (nSPS) is 23.5. The van der Waals surface area contributed by atoms with E-state index in [1.165, 1.54) is 0 Å². The van der Waals surface area contributed by atoms with Crippen molar-refractivity contribution in [3.8, 4) is 0 Å². The Labute approximate surface area is 83.2 Å². The molecular formula is C11H22NP. The van der Waals surface area contributed by atoms with Crippen LogP contribution in [0.2, 0.25) is 0 Å². The van der Waals surface area contributed by atoms with Gasteiger partial charge in [0.2, 0.25) is 0 Å². The standard InChI is InChI=1S/C11H22NP/c1-10(2,3)12-7-8-13(9-12)11(4,5)6/h7-9,13H,1-6H3. The van der Waals surface area contributed by atoms with Crippen molar-refractivity contribution in [2.75, 3.05) is 0 Å². The van der Waals surface area contributed by atoms with Gasteiger partial charge in [-0.05, 0) is 31.7 Å². The lowest BCUT2D eigenvalue weighted by Gasteiger charge is -2.30. The molecule has 1 atom stereocenters. The van der Waals surface area contributed by atoms with Crippen molar-refractivity contribution in [2.45, 2.75) is 52.2 Å². The quantitative estimate of drug-likeness (QED) is 0.541. The molecule has 76 valence electrons. The summed E-state index contributed by atoms with van der Waals surface area (Å²) < 4.78 is 0. The van der Waals surface area contributed by atoms with Gasteiger partial charge in [-0.3, -0.25) is 0 Å². The zero-order valence-electron chi connectivity index (χ0n) is 9.68. The lowest BCUT2D eigenvalue weighted by Crippen LogP contribution is -2.34. The molecule has 1 unspecified atom stereocenters. The summed E-state index contributed by atoms with van der Waals surface area (Å²) in [5.74, 6) is 4.83. The zero-order valence-corrected chi connectivity index (χ0v) is 10.7. The topological polar surface area (TPSA) is 3.24 Å². The maximum Gasteiger partial charge on any atom is 0.0355 e. The molecule has 0 aromatic heterocycles. The van der Waals surface area contributed by atoms with E-state index >= 15 is 0 Å². The molecule has 0 saturated heterocycles. The minimum atomic E-state index is -0.438. The van der Waals surface area contributed by atoms with E-state index in [1.54, 1.807) is 0 Å².